The first-order chi connectivity index (χ1) is 11.6. The molecule has 0 unspecified atom stereocenters. The maximum Gasteiger partial charge on any atom is 0.139 e. The molecule has 3 aromatic rings. The van der Waals surface area contributed by atoms with E-state index in [4.69, 9.17) is 5.41 Å². The number of nitrogens with one attached hydrogen (secondary N) is 1. The first-order valence-electron chi connectivity index (χ1n) is 7.49. The maximum atomic E-state index is 10.4. The van der Waals surface area contributed by atoms with Crippen LogP contribution in [-0.2, 0) is 0 Å². The second-order valence-electron chi connectivity index (χ2n) is 5.56. The Labute approximate surface area is 147 Å². The molecule has 3 heterocycles. The Balaban J connectivity index is 1.68. The summed E-state index contributed by atoms with van der Waals surface area (Å²) in [6, 6.07) is 11.9. The number of aryl methyl sites for hydroxylation is 1. The summed E-state index contributed by atoms with van der Waals surface area (Å²) < 4.78 is 0. The van der Waals surface area contributed by atoms with Crippen LogP contribution in [-0.4, -0.2) is 22.5 Å². The Bertz CT molecular complexity index is 941. The molecule has 2 aromatic heterocycles. The lowest BCUT2D eigenvalue weighted by atomic mass is 10.2. The number of para-hydroxylation sites is 1. The fraction of sp³-hybridized carbons (Fsp3) is 0.111. The van der Waals surface area contributed by atoms with Gasteiger partial charge in [-0.15, -0.1) is 22.7 Å². The molecule has 4 nitrogen and oxygen atoms in total. The monoisotopic (exact) mass is 353 g/mol. The average Bonchev–Trinajstić information content (AvgIpc) is 3.28. The van der Waals surface area contributed by atoms with Gasteiger partial charge in [-0.3, -0.25) is 5.41 Å². The number of thiophene rings is 1. The molecule has 0 radical (unpaired) electrons. The molecular formula is C18H15N3OS2. The number of aliphatic hydroxyl groups excluding tert-OH is 1. The second-order valence-corrected chi connectivity index (χ2v) is 7.36. The number of thiazole rings is 1. The molecule has 4 rings (SSSR count). The predicted octanol–water partition coefficient (Wildman–Crippen LogP) is 4.95. The van der Waals surface area contributed by atoms with Crippen LogP contribution >= 0.6 is 22.7 Å². The van der Waals surface area contributed by atoms with Crippen LogP contribution in [0.5, 0.6) is 0 Å². The number of nitrogens with zero attached hydrogens (tertiary/aromatic N) is 2. The van der Waals surface area contributed by atoms with Gasteiger partial charge < -0.3 is 10.0 Å². The van der Waals surface area contributed by atoms with Crippen LogP contribution in [0.2, 0.25) is 0 Å². The zero-order valence-corrected chi connectivity index (χ0v) is 14.6. The van der Waals surface area contributed by atoms with Crippen LogP contribution in [0.25, 0.3) is 16.1 Å². The fourth-order valence-electron chi connectivity index (χ4n) is 2.80. The third-order valence-corrected chi connectivity index (χ3v) is 5.75. The molecule has 0 saturated carbocycles. The largest absolute Gasteiger partial charge is 0.510 e. The van der Waals surface area contributed by atoms with Gasteiger partial charge in [0.05, 0.1) is 22.7 Å². The molecule has 2 N–H and O–H groups in total. The van der Waals surface area contributed by atoms with Crippen molar-refractivity contribution in [3.05, 3.63) is 63.5 Å². The van der Waals surface area contributed by atoms with E-state index < -0.39 is 0 Å². The minimum atomic E-state index is 0.204. The van der Waals surface area contributed by atoms with Gasteiger partial charge >= 0.3 is 0 Å². The zero-order chi connectivity index (χ0) is 16.7. The van der Waals surface area contributed by atoms with Crippen LogP contribution in [0, 0.1) is 12.3 Å². The molecule has 6 heteroatoms. The van der Waals surface area contributed by atoms with Crippen molar-refractivity contribution in [2.75, 3.05) is 11.4 Å². The first-order valence-corrected chi connectivity index (χ1v) is 9.25. The van der Waals surface area contributed by atoms with Crippen LogP contribution in [0.4, 0.5) is 5.69 Å². The van der Waals surface area contributed by atoms with Crippen LogP contribution in [0.3, 0.4) is 0 Å². The van der Waals surface area contributed by atoms with E-state index in [-0.39, 0.29) is 5.76 Å². The Kier molecular flexibility index (Phi) is 3.70. The quantitative estimate of drug-likeness (QED) is 0.700. The number of aromatic nitrogens is 1. The molecule has 0 bridgehead atoms. The summed E-state index contributed by atoms with van der Waals surface area (Å²) >= 11 is 3.10. The first kappa shape index (κ1) is 15.1. The minimum absolute atomic E-state index is 0.204. The number of anilines is 1. The third kappa shape index (κ3) is 2.44. The minimum Gasteiger partial charge on any atom is -0.510 e. The third-order valence-electron chi connectivity index (χ3n) is 4.00. The highest BCUT2D eigenvalue weighted by Crippen LogP contribution is 2.35. The number of aliphatic hydroxyl groups is 1. The summed E-state index contributed by atoms with van der Waals surface area (Å²) in [5.74, 6) is 0.504. The summed E-state index contributed by atoms with van der Waals surface area (Å²) in [4.78, 5) is 7.55. The number of rotatable bonds is 3. The van der Waals surface area contributed by atoms with Crippen molar-refractivity contribution in [1.82, 2.24) is 4.98 Å². The topological polar surface area (TPSA) is 60.2 Å². The molecule has 1 aliphatic heterocycles. The highest BCUT2D eigenvalue weighted by molar-refractivity contribution is 7.14. The lowest BCUT2D eigenvalue weighted by Gasteiger charge is -2.20. The Morgan fingerprint density at radius 1 is 1.17 bits per heavy atom. The van der Waals surface area contributed by atoms with Gasteiger partial charge in [-0.2, -0.15) is 0 Å². The van der Waals surface area contributed by atoms with E-state index in [9.17, 15) is 5.11 Å². The van der Waals surface area contributed by atoms with Crippen molar-refractivity contribution in [3.8, 4) is 10.6 Å². The average molecular weight is 353 g/mol. The van der Waals surface area contributed by atoms with Crippen molar-refractivity contribution in [2.45, 2.75) is 6.92 Å². The second kappa shape index (κ2) is 5.89. The summed E-state index contributed by atoms with van der Waals surface area (Å²) in [7, 11) is 0. The molecule has 120 valence electrons. The molecule has 0 saturated heterocycles. The van der Waals surface area contributed by atoms with Crippen molar-refractivity contribution in [1.29, 1.82) is 5.41 Å². The summed E-state index contributed by atoms with van der Waals surface area (Å²) in [6.45, 7) is 2.32. The zero-order valence-electron chi connectivity index (χ0n) is 13.0. The number of hydrogen-bond acceptors (Lipinski definition) is 5. The summed E-state index contributed by atoms with van der Waals surface area (Å²) in [5.41, 5.74) is 3.45. The molecule has 1 aromatic carbocycles. The SMILES string of the molecule is Cc1ccccc1N1CC(O)=C(c2nc(-c3cccs3)cs2)C1=N. The molecule has 0 fully saturated rings. The van der Waals surface area contributed by atoms with Gasteiger partial charge in [-0.05, 0) is 30.0 Å². The highest BCUT2D eigenvalue weighted by Gasteiger charge is 2.31. The number of amidine groups is 1. The van der Waals surface area contributed by atoms with E-state index in [2.05, 4.69) is 4.98 Å². The lowest BCUT2D eigenvalue weighted by Crippen LogP contribution is -2.26. The van der Waals surface area contributed by atoms with Crippen LogP contribution in [0.1, 0.15) is 10.6 Å². The van der Waals surface area contributed by atoms with E-state index in [1.807, 2.05) is 59.0 Å². The lowest BCUT2D eigenvalue weighted by molar-refractivity contribution is 0.411. The highest BCUT2D eigenvalue weighted by atomic mass is 32.1. The van der Waals surface area contributed by atoms with Gasteiger partial charge in [-0.1, -0.05) is 24.3 Å². The van der Waals surface area contributed by atoms with Crippen molar-refractivity contribution in [3.63, 3.8) is 0 Å². The maximum absolute atomic E-state index is 10.4. The molecule has 24 heavy (non-hydrogen) atoms. The standard InChI is InChI=1S/C18H15N3OS2/c1-11-5-2-3-6-13(11)21-9-14(22)16(17(21)19)18-20-12(10-24-18)15-7-4-8-23-15/h2-8,10,19,22H,9H2,1H3. The molecule has 0 amide bonds. The van der Waals surface area contributed by atoms with E-state index in [0.717, 1.165) is 21.8 Å². The fourth-order valence-corrected chi connectivity index (χ4v) is 4.45. The molecular weight excluding hydrogens is 338 g/mol. The summed E-state index contributed by atoms with van der Waals surface area (Å²) in [5, 5.41) is 23.7. The Morgan fingerprint density at radius 3 is 2.75 bits per heavy atom. The normalized spacial score (nSPS) is 14.7. The van der Waals surface area contributed by atoms with E-state index in [1.165, 1.54) is 11.3 Å². The van der Waals surface area contributed by atoms with Crippen LogP contribution < -0.4 is 4.90 Å². The van der Waals surface area contributed by atoms with Crippen molar-refractivity contribution >= 4 is 39.8 Å². The van der Waals surface area contributed by atoms with Gasteiger partial charge in [0.1, 0.15) is 16.6 Å². The van der Waals surface area contributed by atoms with Gasteiger partial charge in [0, 0.05) is 11.1 Å². The number of benzene rings is 1. The molecule has 0 spiro atoms. The van der Waals surface area contributed by atoms with E-state index in [0.29, 0.717) is 23.0 Å². The molecule has 0 aliphatic carbocycles. The van der Waals surface area contributed by atoms with Gasteiger partial charge in [-0.25, -0.2) is 4.98 Å². The Hall–Kier alpha value is -2.44. The predicted molar refractivity (Wildman–Crippen MR) is 101 cm³/mol. The van der Waals surface area contributed by atoms with Crippen LogP contribution in [0.15, 0.2) is 52.9 Å². The van der Waals surface area contributed by atoms with Crippen molar-refractivity contribution in [2.24, 2.45) is 0 Å². The Morgan fingerprint density at radius 2 is 2.00 bits per heavy atom. The van der Waals surface area contributed by atoms with Gasteiger partial charge in [0.25, 0.3) is 0 Å². The molecule has 0 atom stereocenters. The molecule has 1 aliphatic rings. The van der Waals surface area contributed by atoms with E-state index >= 15 is 0 Å². The smallest absolute Gasteiger partial charge is 0.139 e. The van der Waals surface area contributed by atoms with Gasteiger partial charge in [0.15, 0.2) is 0 Å². The van der Waals surface area contributed by atoms with Gasteiger partial charge in [0.2, 0.25) is 0 Å². The van der Waals surface area contributed by atoms with E-state index in [1.54, 1.807) is 11.3 Å². The summed E-state index contributed by atoms with van der Waals surface area (Å²) in [6.07, 6.45) is 0. The number of hydrogen-bond donors (Lipinski definition) is 2. The van der Waals surface area contributed by atoms with Crippen molar-refractivity contribution < 1.29 is 5.11 Å².